The van der Waals surface area contributed by atoms with Crippen LogP contribution in [0.2, 0.25) is 5.02 Å². The Hall–Kier alpha value is -0.900. The molecule has 0 spiro atoms. The maximum atomic E-state index is 6.62. The van der Waals surface area contributed by atoms with Crippen LogP contribution in [-0.2, 0) is 0 Å². The number of halogens is 3. The van der Waals surface area contributed by atoms with Gasteiger partial charge in [-0.15, -0.1) is 11.6 Å². The summed E-state index contributed by atoms with van der Waals surface area (Å²) in [5, 5.41) is 0.268. The van der Waals surface area contributed by atoms with E-state index in [0.29, 0.717) is 16.5 Å². The van der Waals surface area contributed by atoms with E-state index in [1.54, 1.807) is 14.2 Å². The van der Waals surface area contributed by atoms with Crippen LogP contribution in [0.4, 0.5) is 0 Å². The van der Waals surface area contributed by atoms with Crippen LogP contribution in [0.1, 0.15) is 22.1 Å². The van der Waals surface area contributed by atoms with Crippen LogP contribution < -0.4 is 9.47 Å². The van der Waals surface area contributed by atoms with Crippen LogP contribution in [0.15, 0.2) is 34.8 Å². The molecule has 0 bridgehead atoms. The van der Waals surface area contributed by atoms with Gasteiger partial charge in [0.2, 0.25) is 0 Å². The highest BCUT2D eigenvalue weighted by Gasteiger charge is 2.19. The van der Waals surface area contributed by atoms with Crippen molar-refractivity contribution in [2.45, 2.75) is 12.3 Å². The minimum absolute atomic E-state index is 0.356. The summed E-state index contributed by atoms with van der Waals surface area (Å²) in [5.41, 5.74) is 2.82. The van der Waals surface area contributed by atoms with E-state index >= 15 is 0 Å². The van der Waals surface area contributed by atoms with Crippen molar-refractivity contribution in [2.75, 3.05) is 14.2 Å². The molecule has 0 aliphatic rings. The molecule has 21 heavy (non-hydrogen) atoms. The molecule has 0 aliphatic heterocycles. The van der Waals surface area contributed by atoms with E-state index in [2.05, 4.69) is 15.9 Å². The molecule has 2 aromatic carbocycles. The summed E-state index contributed by atoms with van der Waals surface area (Å²) >= 11 is 16.3. The fraction of sp³-hybridized carbons (Fsp3) is 0.250. The number of methoxy groups -OCH3 is 2. The van der Waals surface area contributed by atoms with Gasteiger partial charge in [0.25, 0.3) is 0 Å². The standard InChI is InChI=1S/C16H15BrCl2O2/c1-9-6-14(20-2)15(21-3)8-12(9)16(19)11-5-4-10(17)7-13(11)18/h4-8,16H,1-3H3. The first-order chi connectivity index (χ1) is 9.97. The second kappa shape index (κ2) is 6.91. The average molecular weight is 390 g/mol. The SMILES string of the molecule is COc1cc(C)c(C(Cl)c2ccc(Br)cc2Cl)cc1OC. The van der Waals surface area contributed by atoms with Crippen molar-refractivity contribution >= 4 is 39.1 Å². The Balaban J connectivity index is 2.50. The lowest BCUT2D eigenvalue weighted by atomic mass is 9.99. The first kappa shape index (κ1) is 16.5. The van der Waals surface area contributed by atoms with E-state index in [1.807, 2.05) is 37.3 Å². The van der Waals surface area contributed by atoms with Crippen LogP contribution in [-0.4, -0.2) is 14.2 Å². The summed E-state index contributed by atoms with van der Waals surface area (Å²) in [4.78, 5) is 0. The molecule has 2 rings (SSSR count). The lowest BCUT2D eigenvalue weighted by Gasteiger charge is -2.18. The Bertz CT molecular complexity index is 659. The van der Waals surface area contributed by atoms with Crippen molar-refractivity contribution in [3.63, 3.8) is 0 Å². The molecule has 0 aliphatic carbocycles. The van der Waals surface area contributed by atoms with Crippen molar-refractivity contribution in [1.29, 1.82) is 0 Å². The monoisotopic (exact) mass is 388 g/mol. The topological polar surface area (TPSA) is 18.5 Å². The van der Waals surface area contributed by atoms with Crippen LogP contribution in [0.5, 0.6) is 11.5 Å². The first-order valence-corrected chi connectivity index (χ1v) is 7.90. The van der Waals surface area contributed by atoms with Gasteiger partial charge >= 0.3 is 0 Å². The molecule has 0 heterocycles. The third-order valence-electron chi connectivity index (χ3n) is 3.28. The van der Waals surface area contributed by atoms with E-state index in [1.165, 1.54) is 0 Å². The summed E-state index contributed by atoms with van der Waals surface area (Å²) in [6, 6.07) is 9.48. The van der Waals surface area contributed by atoms with Crippen LogP contribution in [0.3, 0.4) is 0 Å². The molecule has 0 saturated heterocycles. The number of rotatable bonds is 4. The Morgan fingerprint density at radius 1 is 1.00 bits per heavy atom. The highest BCUT2D eigenvalue weighted by atomic mass is 79.9. The fourth-order valence-electron chi connectivity index (χ4n) is 2.14. The smallest absolute Gasteiger partial charge is 0.161 e. The minimum atomic E-state index is -0.356. The van der Waals surface area contributed by atoms with Crippen LogP contribution >= 0.6 is 39.1 Å². The van der Waals surface area contributed by atoms with Crippen LogP contribution in [0.25, 0.3) is 0 Å². The van der Waals surface area contributed by atoms with E-state index in [9.17, 15) is 0 Å². The minimum Gasteiger partial charge on any atom is -0.493 e. The Morgan fingerprint density at radius 2 is 1.62 bits per heavy atom. The molecule has 0 N–H and O–H groups in total. The van der Waals surface area contributed by atoms with Gasteiger partial charge in [-0.2, -0.15) is 0 Å². The predicted molar refractivity (Wildman–Crippen MR) is 91.1 cm³/mol. The number of aryl methyl sites for hydroxylation is 1. The largest absolute Gasteiger partial charge is 0.493 e. The van der Waals surface area contributed by atoms with Crippen molar-refractivity contribution in [1.82, 2.24) is 0 Å². The normalized spacial score (nSPS) is 12.1. The third kappa shape index (κ3) is 3.47. The van der Waals surface area contributed by atoms with Gasteiger partial charge in [-0.1, -0.05) is 33.6 Å². The maximum absolute atomic E-state index is 6.62. The summed E-state index contributed by atoms with van der Waals surface area (Å²) in [5.74, 6) is 1.33. The van der Waals surface area contributed by atoms with Crippen molar-refractivity contribution in [2.24, 2.45) is 0 Å². The Kier molecular flexibility index (Phi) is 5.42. The highest BCUT2D eigenvalue weighted by molar-refractivity contribution is 9.10. The molecule has 0 amide bonds. The van der Waals surface area contributed by atoms with Gasteiger partial charge in [0.05, 0.1) is 19.6 Å². The molecule has 1 unspecified atom stereocenters. The van der Waals surface area contributed by atoms with Gasteiger partial charge in [0.15, 0.2) is 11.5 Å². The molecule has 0 fully saturated rings. The highest BCUT2D eigenvalue weighted by Crippen LogP contribution is 2.40. The number of alkyl halides is 1. The van der Waals surface area contributed by atoms with Crippen molar-refractivity contribution in [3.05, 3.63) is 56.5 Å². The molecule has 1 atom stereocenters. The molecular weight excluding hydrogens is 375 g/mol. The Morgan fingerprint density at radius 3 is 2.19 bits per heavy atom. The zero-order valence-corrected chi connectivity index (χ0v) is 15.0. The molecule has 2 aromatic rings. The van der Waals surface area contributed by atoms with Gasteiger partial charge in [-0.3, -0.25) is 0 Å². The molecule has 0 aromatic heterocycles. The molecule has 112 valence electrons. The third-order valence-corrected chi connectivity index (χ3v) is 4.57. The van der Waals surface area contributed by atoms with Gasteiger partial charge in [-0.05, 0) is 47.9 Å². The zero-order valence-electron chi connectivity index (χ0n) is 11.9. The van der Waals surface area contributed by atoms with Gasteiger partial charge < -0.3 is 9.47 Å². The van der Waals surface area contributed by atoms with E-state index in [0.717, 1.165) is 21.2 Å². The second-order valence-corrected chi connectivity index (χ2v) is 6.35. The fourth-order valence-corrected chi connectivity index (χ4v) is 3.41. The lowest BCUT2D eigenvalue weighted by Crippen LogP contribution is -2.00. The average Bonchev–Trinajstić information content (AvgIpc) is 2.46. The number of hydrogen-bond acceptors (Lipinski definition) is 2. The van der Waals surface area contributed by atoms with Crippen LogP contribution in [0, 0.1) is 6.92 Å². The Labute approximate surface area is 143 Å². The van der Waals surface area contributed by atoms with E-state index in [4.69, 9.17) is 32.7 Å². The summed E-state index contributed by atoms with van der Waals surface area (Å²) in [6.07, 6.45) is 0. The van der Waals surface area contributed by atoms with Crippen molar-refractivity contribution < 1.29 is 9.47 Å². The lowest BCUT2D eigenvalue weighted by molar-refractivity contribution is 0.354. The quantitative estimate of drug-likeness (QED) is 0.619. The number of hydrogen-bond donors (Lipinski definition) is 0. The molecule has 0 radical (unpaired) electrons. The van der Waals surface area contributed by atoms with E-state index < -0.39 is 0 Å². The van der Waals surface area contributed by atoms with Gasteiger partial charge in [0.1, 0.15) is 0 Å². The molecular formula is C16H15BrCl2O2. The number of ether oxygens (including phenoxy) is 2. The number of benzene rings is 2. The summed E-state index contributed by atoms with van der Waals surface area (Å²) in [6.45, 7) is 1.99. The van der Waals surface area contributed by atoms with E-state index in [-0.39, 0.29) is 5.38 Å². The molecule has 2 nitrogen and oxygen atoms in total. The first-order valence-electron chi connectivity index (χ1n) is 6.29. The van der Waals surface area contributed by atoms with Gasteiger partial charge in [-0.25, -0.2) is 0 Å². The molecule has 5 heteroatoms. The second-order valence-electron chi connectivity index (χ2n) is 4.59. The summed E-state index contributed by atoms with van der Waals surface area (Å²) < 4.78 is 11.6. The molecule has 0 saturated carbocycles. The predicted octanol–water partition coefficient (Wildman–Crippen LogP) is 5.76. The zero-order chi connectivity index (χ0) is 15.6. The van der Waals surface area contributed by atoms with Gasteiger partial charge in [0, 0.05) is 9.50 Å². The maximum Gasteiger partial charge on any atom is 0.161 e. The summed E-state index contributed by atoms with van der Waals surface area (Å²) in [7, 11) is 3.22. The van der Waals surface area contributed by atoms with Crippen molar-refractivity contribution in [3.8, 4) is 11.5 Å².